The lowest BCUT2D eigenvalue weighted by Gasteiger charge is -2.21. The van der Waals surface area contributed by atoms with Crippen LogP contribution in [0.5, 0.6) is 5.75 Å². The van der Waals surface area contributed by atoms with Gasteiger partial charge in [-0.2, -0.15) is 5.26 Å². The highest BCUT2D eigenvalue weighted by Crippen LogP contribution is 2.28. The molecule has 0 radical (unpaired) electrons. The minimum absolute atomic E-state index is 0.289. The molecule has 150 valence electrons. The first-order valence-electron chi connectivity index (χ1n) is 9.73. The molecule has 2 aromatic rings. The Morgan fingerprint density at radius 2 is 1.69 bits per heavy atom. The van der Waals surface area contributed by atoms with Crippen molar-refractivity contribution in [3.05, 3.63) is 65.7 Å². The quantitative estimate of drug-likeness (QED) is 0.697. The first kappa shape index (κ1) is 20.4. The smallest absolute Gasteiger partial charge is 0.344 e. The number of nitrogens with one attached hydrogen (secondary N) is 1. The molecule has 0 bridgehead atoms. The van der Waals surface area contributed by atoms with E-state index in [1.54, 1.807) is 6.07 Å². The monoisotopic (exact) mass is 392 g/mol. The van der Waals surface area contributed by atoms with Crippen molar-refractivity contribution in [2.24, 2.45) is 0 Å². The molecule has 1 fully saturated rings. The number of amides is 1. The van der Waals surface area contributed by atoms with Crippen LogP contribution in [0.2, 0.25) is 0 Å². The average Bonchev–Trinajstić information content (AvgIpc) is 3.21. The normalized spacial score (nSPS) is 14.6. The number of carbonyl (C=O) groups is 2. The molecule has 0 spiro atoms. The first-order valence-corrected chi connectivity index (χ1v) is 9.73. The molecule has 0 aliphatic heterocycles. The van der Waals surface area contributed by atoms with Crippen molar-refractivity contribution in [1.82, 2.24) is 5.32 Å². The van der Waals surface area contributed by atoms with E-state index in [0.717, 1.165) is 24.0 Å². The van der Waals surface area contributed by atoms with Gasteiger partial charge < -0.3 is 14.8 Å². The van der Waals surface area contributed by atoms with Gasteiger partial charge in [-0.25, -0.2) is 4.79 Å². The van der Waals surface area contributed by atoms with E-state index in [9.17, 15) is 14.9 Å². The Morgan fingerprint density at radius 1 is 1.00 bits per heavy atom. The Kier molecular flexibility index (Phi) is 6.85. The van der Waals surface area contributed by atoms with Gasteiger partial charge in [-0.1, -0.05) is 48.5 Å². The lowest BCUT2D eigenvalue weighted by molar-refractivity contribution is -0.150. The molecule has 0 atom stereocenters. The van der Waals surface area contributed by atoms with Crippen LogP contribution in [0.3, 0.4) is 0 Å². The van der Waals surface area contributed by atoms with Crippen LogP contribution in [0.1, 0.15) is 36.8 Å². The zero-order valence-electron chi connectivity index (χ0n) is 16.2. The van der Waals surface area contributed by atoms with Crippen molar-refractivity contribution in [2.75, 3.05) is 13.2 Å². The predicted molar refractivity (Wildman–Crippen MR) is 107 cm³/mol. The Morgan fingerprint density at radius 3 is 2.41 bits per heavy atom. The highest BCUT2D eigenvalue weighted by molar-refractivity contribution is 5.81. The van der Waals surface area contributed by atoms with Crippen LogP contribution in [0, 0.1) is 11.3 Å². The summed E-state index contributed by atoms with van der Waals surface area (Å²) in [5.74, 6) is -0.495. The van der Waals surface area contributed by atoms with E-state index in [0.29, 0.717) is 25.0 Å². The maximum absolute atomic E-state index is 12.0. The number of ether oxygens (including phenoxy) is 2. The summed E-state index contributed by atoms with van der Waals surface area (Å²) >= 11 is 0. The van der Waals surface area contributed by atoms with Crippen LogP contribution in [0.15, 0.2) is 54.6 Å². The summed E-state index contributed by atoms with van der Waals surface area (Å²) in [7, 11) is 0. The summed E-state index contributed by atoms with van der Waals surface area (Å²) in [6.45, 7) is -0.709. The standard InChI is InChI=1S/C23H24N2O4/c24-17-23(12-6-7-13-23)25-21(26)15-29-22(27)16-28-20-11-5-4-10-19(20)14-18-8-2-1-3-9-18/h1-5,8-11H,6-7,12-16H2,(H,25,26). The number of nitrogens with zero attached hydrogens (tertiary/aromatic N) is 1. The van der Waals surface area contributed by atoms with Gasteiger partial charge in [0.15, 0.2) is 13.2 Å². The molecule has 0 unspecified atom stereocenters. The van der Waals surface area contributed by atoms with Gasteiger partial charge in [-0.15, -0.1) is 0 Å². The molecule has 6 heteroatoms. The largest absolute Gasteiger partial charge is 0.482 e. The summed E-state index contributed by atoms with van der Waals surface area (Å²) in [5, 5.41) is 12.0. The van der Waals surface area contributed by atoms with Crippen molar-refractivity contribution in [3.8, 4) is 11.8 Å². The van der Waals surface area contributed by atoms with E-state index in [2.05, 4.69) is 11.4 Å². The molecule has 0 heterocycles. The molecule has 1 aliphatic rings. The van der Waals surface area contributed by atoms with Crippen LogP contribution in [0.25, 0.3) is 0 Å². The highest BCUT2D eigenvalue weighted by atomic mass is 16.6. The Balaban J connectivity index is 1.47. The van der Waals surface area contributed by atoms with Gasteiger partial charge in [0, 0.05) is 6.42 Å². The van der Waals surface area contributed by atoms with E-state index >= 15 is 0 Å². The average molecular weight is 392 g/mol. The second-order valence-electron chi connectivity index (χ2n) is 7.17. The molecule has 1 N–H and O–H groups in total. The lowest BCUT2D eigenvalue weighted by atomic mass is 10.00. The van der Waals surface area contributed by atoms with Crippen molar-refractivity contribution in [2.45, 2.75) is 37.6 Å². The minimum Gasteiger partial charge on any atom is -0.482 e. The fraction of sp³-hybridized carbons (Fsp3) is 0.348. The van der Waals surface area contributed by atoms with E-state index < -0.39 is 24.0 Å². The van der Waals surface area contributed by atoms with Crippen molar-refractivity contribution in [1.29, 1.82) is 5.26 Å². The molecule has 1 amide bonds. The van der Waals surface area contributed by atoms with Crippen molar-refractivity contribution >= 4 is 11.9 Å². The van der Waals surface area contributed by atoms with Gasteiger partial charge in [0.2, 0.25) is 0 Å². The molecule has 2 aromatic carbocycles. The number of carbonyl (C=O) groups excluding carboxylic acids is 2. The first-order chi connectivity index (χ1) is 14.1. The minimum atomic E-state index is -0.823. The molecule has 29 heavy (non-hydrogen) atoms. The molecular formula is C23H24N2O4. The third-order valence-electron chi connectivity index (χ3n) is 4.97. The number of nitriles is 1. The molecule has 0 saturated heterocycles. The summed E-state index contributed by atoms with van der Waals surface area (Å²) in [6.07, 6.45) is 3.76. The molecular weight excluding hydrogens is 368 g/mol. The molecule has 1 aliphatic carbocycles. The summed E-state index contributed by atoms with van der Waals surface area (Å²) in [6, 6.07) is 19.6. The van der Waals surface area contributed by atoms with E-state index in [-0.39, 0.29) is 6.61 Å². The van der Waals surface area contributed by atoms with Crippen LogP contribution < -0.4 is 10.1 Å². The van der Waals surface area contributed by atoms with Gasteiger partial charge in [0.1, 0.15) is 11.3 Å². The predicted octanol–water partition coefficient (Wildman–Crippen LogP) is 3.15. The Bertz CT molecular complexity index is 883. The van der Waals surface area contributed by atoms with Crippen LogP contribution in [-0.2, 0) is 20.7 Å². The van der Waals surface area contributed by atoms with E-state index in [1.807, 2.05) is 48.5 Å². The van der Waals surface area contributed by atoms with E-state index in [4.69, 9.17) is 9.47 Å². The number of para-hydroxylation sites is 1. The Labute approximate surface area is 170 Å². The van der Waals surface area contributed by atoms with Gasteiger partial charge in [-0.05, 0) is 42.9 Å². The molecule has 1 saturated carbocycles. The van der Waals surface area contributed by atoms with Gasteiger partial charge in [0.25, 0.3) is 5.91 Å². The number of esters is 1. The summed E-state index contributed by atoms with van der Waals surface area (Å²) in [4.78, 5) is 24.0. The number of benzene rings is 2. The van der Waals surface area contributed by atoms with Crippen molar-refractivity contribution < 1.29 is 19.1 Å². The van der Waals surface area contributed by atoms with Gasteiger partial charge >= 0.3 is 5.97 Å². The lowest BCUT2D eigenvalue weighted by Crippen LogP contribution is -2.46. The summed E-state index contributed by atoms with van der Waals surface area (Å²) in [5.41, 5.74) is 1.28. The fourth-order valence-electron chi connectivity index (χ4n) is 3.48. The zero-order valence-corrected chi connectivity index (χ0v) is 16.2. The second kappa shape index (κ2) is 9.74. The second-order valence-corrected chi connectivity index (χ2v) is 7.17. The molecule has 3 rings (SSSR count). The fourth-order valence-corrected chi connectivity index (χ4v) is 3.48. The molecule has 0 aromatic heterocycles. The third kappa shape index (κ3) is 5.82. The topological polar surface area (TPSA) is 88.4 Å². The van der Waals surface area contributed by atoms with Gasteiger partial charge in [0.05, 0.1) is 6.07 Å². The number of hydrogen-bond donors (Lipinski definition) is 1. The van der Waals surface area contributed by atoms with Crippen molar-refractivity contribution in [3.63, 3.8) is 0 Å². The van der Waals surface area contributed by atoms with Crippen LogP contribution in [0.4, 0.5) is 0 Å². The molecule has 6 nitrogen and oxygen atoms in total. The summed E-state index contributed by atoms with van der Waals surface area (Å²) < 4.78 is 10.6. The maximum atomic E-state index is 12.0. The maximum Gasteiger partial charge on any atom is 0.344 e. The Hall–Kier alpha value is -3.33. The third-order valence-corrected chi connectivity index (χ3v) is 4.97. The van der Waals surface area contributed by atoms with Crippen LogP contribution >= 0.6 is 0 Å². The highest BCUT2D eigenvalue weighted by Gasteiger charge is 2.35. The van der Waals surface area contributed by atoms with E-state index in [1.165, 1.54) is 0 Å². The number of rotatable bonds is 8. The van der Waals surface area contributed by atoms with Gasteiger partial charge in [-0.3, -0.25) is 4.79 Å². The number of hydrogen-bond acceptors (Lipinski definition) is 5. The van der Waals surface area contributed by atoms with Crippen LogP contribution in [-0.4, -0.2) is 30.6 Å². The zero-order chi connectivity index (χ0) is 20.5. The SMILES string of the molecule is N#CC1(NC(=O)COC(=O)COc2ccccc2Cc2ccccc2)CCCC1.